The molecule has 1 aliphatic heterocycles. The molecule has 1 fully saturated rings. The fourth-order valence-electron chi connectivity index (χ4n) is 2.25. The first kappa shape index (κ1) is 16.8. The molecule has 1 heterocycles. The van der Waals surface area contributed by atoms with E-state index in [9.17, 15) is 9.59 Å². The minimum atomic E-state index is -0.498. The molecule has 6 heteroatoms. The minimum Gasteiger partial charge on any atom is -0.468 e. The number of nitrogens with one attached hydrogen (secondary N) is 1. The number of esters is 1. The van der Waals surface area contributed by atoms with Crippen LogP contribution < -0.4 is 5.32 Å². The molecule has 1 N–H and O–H groups in total. The number of piperidine rings is 1. The summed E-state index contributed by atoms with van der Waals surface area (Å²) in [4.78, 5) is 25.1. The topological polar surface area (TPSA) is 67.9 Å². The number of likely N-dealkylation sites (tertiary alicyclic amines) is 1. The van der Waals surface area contributed by atoms with E-state index in [1.54, 1.807) is 0 Å². The lowest BCUT2D eigenvalue weighted by atomic mass is 10.0. The van der Waals surface area contributed by atoms with Gasteiger partial charge >= 0.3 is 12.1 Å². The van der Waals surface area contributed by atoms with Crippen molar-refractivity contribution in [2.24, 2.45) is 0 Å². The molecule has 1 atom stereocenters. The molecule has 0 aliphatic carbocycles. The second-order valence-electron chi connectivity index (χ2n) is 6.08. The van der Waals surface area contributed by atoms with Crippen LogP contribution in [0.5, 0.6) is 0 Å². The highest BCUT2D eigenvalue weighted by Crippen LogP contribution is 2.16. The quantitative estimate of drug-likeness (QED) is 0.794. The number of amides is 1. The monoisotopic (exact) mass is 286 g/mol. The van der Waals surface area contributed by atoms with Gasteiger partial charge in [0.25, 0.3) is 0 Å². The smallest absolute Gasteiger partial charge is 0.407 e. The van der Waals surface area contributed by atoms with Gasteiger partial charge in [-0.25, -0.2) is 4.79 Å². The lowest BCUT2D eigenvalue weighted by molar-refractivity contribution is -0.142. The molecular weight excluding hydrogens is 260 g/mol. The van der Waals surface area contributed by atoms with Crippen LogP contribution in [0.4, 0.5) is 4.79 Å². The number of methoxy groups -OCH3 is 1. The first-order valence-corrected chi connectivity index (χ1v) is 7.09. The number of alkyl carbamates (subject to hydrolysis) is 1. The largest absolute Gasteiger partial charge is 0.468 e. The highest BCUT2D eigenvalue weighted by Gasteiger charge is 2.25. The lowest BCUT2D eigenvalue weighted by Gasteiger charge is -2.35. The molecule has 0 aromatic carbocycles. The van der Waals surface area contributed by atoms with Gasteiger partial charge in [0.1, 0.15) is 5.60 Å². The van der Waals surface area contributed by atoms with Gasteiger partial charge < -0.3 is 14.8 Å². The molecule has 0 radical (unpaired) electrons. The molecule has 116 valence electrons. The Morgan fingerprint density at radius 1 is 1.30 bits per heavy atom. The predicted molar refractivity (Wildman–Crippen MR) is 75.5 cm³/mol. The van der Waals surface area contributed by atoms with E-state index in [1.165, 1.54) is 7.11 Å². The highest BCUT2D eigenvalue weighted by molar-refractivity contribution is 5.71. The summed E-state index contributed by atoms with van der Waals surface area (Å²) in [6.45, 7) is 7.11. The van der Waals surface area contributed by atoms with Gasteiger partial charge in [-0.15, -0.1) is 0 Å². The second kappa shape index (κ2) is 7.47. The van der Waals surface area contributed by atoms with Crippen LogP contribution in [-0.4, -0.2) is 55.3 Å². The van der Waals surface area contributed by atoms with Gasteiger partial charge in [0.2, 0.25) is 0 Å². The maximum Gasteiger partial charge on any atom is 0.407 e. The molecule has 1 aliphatic rings. The van der Waals surface area contributed by atoms with Crippen molar-refractivity contribution in [2.75, 3.05) is 26.7 Å². The summed E-state index contributed by atoms with van der Waals surface area (Å²) < 4.78 is 9.91. The Morgan fingerprint density at radius 3 is 2.60 bits per heavy atom. The van der Waals surface area contributed by atoms with Crippen LogP contribution in [0, 0.1) is 0 Å². The number of rotatable bonds is 4. The molecule has 6 nitrogen and oxygen atoms in total. The van der Waals surface area contributed by atoms with Crippen LogP contribution >= 0.6 is 0 Å². The number of hydrogen-bond donors (Lipinski definition) is 1. The molecule has 1 amide bonds. The summed E-state index contributed by atoms with van der Waals surface area (Å²) >= 11 is 0. The van der Waals surface area contributed by atoms with Crippen molar-refractivity contribution in [3.63, 3.8) is 0 Å². The van der Waals surface area contributed by atoms with Crippen molar-refractivity contribution in [3.05, 3.63) is 0 Å². The molecule has 1 unspecified atom stereocenters. The molecule has 0 spiro atoms. The first-order valence-electron chi connectivity index (χ1n) is 7.09. The highest BCUT2D eigenvalue weighted by atomic mass is 16.6. The van der Waals surface area contributed by atoms with Gasteiger partial charge in [-0.1, -0.05) is 6.42 Å². The third-order valence-corrected chi connectivity index (χ3v) is 3.19. The molecule has 0 aromatic rings. The van der Waals surface area contributed by atoms with E-state index >= 15 is 0 Å². The molecular formula is C14H26N2O4. The van der Waals surface area contributed by atoms with Crippen LogP contribution in [0.2, 0.25) is 0 Å². The Hall–Kier alpha value is -1.30. The molecule has 0 saturated carbocycles. The van der Waals surface area contributed by atoms with Gasteiger partial charge in [0.05, 0.1) is 13.7 Å². The van der Waals surface area contributed by atoms with Gasteiger partial charge in [0.15, 0.2) is 0 Å². The molecule has 1 rings (SSSR count). The Morgan fingerprint density at radius 2 is 2.00 bits per heavy atom. The normalized spacial score (nSPS) is 20.3. The number of ether oxygens (including phenoxy) is 2. The van der Waals surface area contributed by atoms with E-state index in [4.69, 9.17) is 9.47 Å². The molecule has 0 bridgehead atoms. The van der Waals surface area contributed by atoms with Crippen molar-refractivity contribution in [1.82, 2.24) is 10.2 Å². The maximum atomic E-state index is 11.6. The lowest BCUT2D eigenvalue weighted by Crippen LogP contribution is -2.49. The van der Waals surface area contributed by atoms with Crippen molar-refractivity contribution in [2.45, 2.75) is 51.7 Å². The van der Waals surface area contributed by atoms with Crippen molar-refractivity contribution < 1.29 is 19.1 Å². The zero-order chi connectivity index (χ0) is 15.2. The fraction of sp³-hybridized carbons (Fsp3) is 0.857. The SMILES string of the molecule is COC(=O)CN1CCCCC1CNC(=O)OC(C)(C)C. The average Bonchev–Trinajstić information content (AvgIpc) is 2.35. The van der Waals surface area contributed by atoms with Crippen molar-refractivity contribution in [1.29, 1.82) is 0 Å². The van der Waals surface area contributed by atoms with E-state index in [2.05, 4.69) is 10.2 Å². The van der Waals surface area contributed by atoms with E-state index in [1.807, 2.05) is 20.8 Å². The number of nitrogens with zero attached hydrogens (tertiary/aromatic N) is 1. The van der Waals surface area contributed by atoms with Crippen LogP contribution in [0.15, 0.2) is 0 Å². The standard InChI is InChI=1S/C14H26N2O4/c1-14(2,3)20-13(18)15-9-11-7-5-6-8-16(11)10-12(17)19-4/h11H,5-10H2,1-4H3,(H,15,18). The van der Waals surface area contributed by atoms with Crippen LogP contribution in [-0.2, 0) is 14.3 Å². The Bertz CT molecular complexity index is 339. The summed E-state index contributed by atoms with van der Waals surface area (Å²) in [5.74, 6) is -0.242. The Labute approximate surface area is 120 Å². The summed E-state index contributed by atoms with van der Waals surface area (Å²) in [6, 6.07) is 0.162. The summed E-state index contributed by atoms with van der Waals surface area (Å²) in [6.07, 6.45) is 2.73. The van der Waals surface area contributed by atoms with Crippen molar-refractivity contribution in [3.8, 4) is 0 Å². The van der Waals surface area contributed by atoms with Crippen molar-refractivity contribution >= 4 is 12.1 Å². The third-order valence-electron chi connectivity index (χ3n) is 3.19. The second-order valence-corrected chi connectivity index (χ2v) is 6.08. The summed E-state index contributed by atoms with van der Waals surface area (Å²) in [7, 11) is 1.39. The Balaban J connectivity index is 2.42. The molecule has 1 saturated heterocycles. The molecule has 20 heavy (non-hydrogen) atoms. The van der Waals surface area contributed by atoms with Gasteiger partial charge in [-0.3, -0.25) is 9.69 Å². The van der Waals surface area contributed by atoms with Crippen LogP contribution in [0.25, 0.3) is 0 Å². The first-order chi connectivity index (χ1) is 9.31. The van der Waals surface area contributed by atoms with Gasteiger partial charge in [-0.2, -0.15) is 0 Å². The van der Waals surface area contributed by atoms with E-state index in [0.29, 0.717) is 6.54 Å². The average molecular weight is 286 g/mol. The summed E-state index contributed by atoms with van der Waals surface area (Å²) in [5, 5.41) is 2.78. The van der Waals surface area contributed by atoms with Crippen LogP contribution in [0.3, 0.4) is 0 Å². The van der Waals surface area contributed by atoms with Gasteiger partial charge in [0, 0.05) is 12.6 Å². The zero-order valence-corrected chi connectivity index (χ0v) is 12.9. The predicted octanol–water partition coefficient (Wildman–Crippen LogP) is 1.54. The van der Waals surface area contributed by atoms with Crippen LogP contribution in [0.1, 0.15) is 40.0 Å². The van der Waals surface area contributed by atoms with E-state index < -0.39 is 11.7 Å². The van der Waals surface area contributed by atoms with E-state index in [0.717, 1.165) is 25.8 Å². The fourth-order valence-corrected chi connectivity index (χ4v) is 2.25. The summed E-state index contributed by atoms with van der Waals surface area (Å²) in [5.41, 5.74) is -0.498. The number of carbonyl (C=O) groups is 2. The number of carbonyl (C=O) groups excluding carboxylic acids is 2. The Kier molecular flexibility index (Phi) is 6.26. The molecule has 0 aromatic heterocycles. The maximum absolute atomic E-state index is 11.6. The number of hydrogen-bond acceptors (Lipinski definition) is 5. The zero-order valence-electron chi connectivity index (χ0n) is 12.9. The third kappa shape index (κ3) is 6.23. The van der Waals surface area contributed by atoms with E-state index in [-0.39, 0.29) is 18.6 Å². The van der Waals surface area contributed by atoms with Gasteiger partial charge in [-0.05, 0) is 40.2 Å². The minimum absolute atomic E-state index is 0.162.